The van der Waals surface area contributed by atoms with E-state index in [1.807, 2.05) is 30.3 Å². The summed E-state index contributed by atoms with van der Waals surface area (Å²) in [6.45, 7) is 0.315. The molecule has 1 aliphatic heterocycles. The molecule has 0 radical (unpaired) electrons. The summed E-state index contributed by atoms with van der Waals surface area (Å²) in [4.78, 5) is 30.9. The van der Waals surface area contributed by atoms with Gasteiger partial charge in [-0.15, -0.1) is 0 Å². The van der Waals surface area contributed by atoms with Gasteiger partial charge in [0.05, 0.1) is 12.0 Å². The molecule has 0 N–H and O–H groups in total. The topological polar surface area (TPSA) is 50.3 Å². The lowest BCUT2D eigenvalue weighted by molar-refractivity contribution is -0.140. The number of benzene rings is 1. The standard InChI is InChI=1S/C18H16N2O2/c21-16-10-18(8-7-14-5-1-2-6-15(14)18)17(22)20(16)12-13-4-3-9-19-11-13/h1-6,9,11H,7-8,10,12H2. The zero-order chi connectivity index (χ0) is 15.2. The Bertz CT molecular complexity index is 757. The van der Waals surface area contributed by atoms with Crippen LogP contribution in [0.2, 0.25) is 0 Å². The Morgan fingerprint density at radius 3 is 2.82 bits per heavy atom. The predicted octanol–water partition coefficient (Wildman–Crippen LogP) is 2.22. The van der Waals surface area contributed by atoms with Crippen LogP contribution < -0.4 is 0 Å². The number of likely N-dealkylation sites (tertiary alicyclic amines) is 1. The number of hydrogen-bond donors (Lipinski definition) is 0. The maximum Gasteiger partial charge on any atom is 0.240 e. The van der Waals surface area contributed by atoms with Gasteiger partial charge in [0.25, 0.3) is 0 Å². The summed E-state index contributed by atoms with van der Waals surface area (Å²) in [5.74, 6) is -0.128. The highest BCUT2D eigenvalue weighted by atomic mass is 16.2. The van der Waals surface area contributed by atoms with Crippen molar-refractivity contribution in [3.8, 4) is 0 Å². The molecule has 2 aliphatic rings. The Balaban J connectivity index is 1.69. The lowest BCUT2D eigenvalue weighted by Crippen LogP contribution is -2.36. The van der Waals surface area contributed by atoms with Crippen LogP contribution in [0.3, 0.4) is 0 Å². The molecule has 0 saturated carbocycles. The Morgan fingerprint density at radius 2 is 2.00 bits per heavy atom. The summed E-state index contributed by atoms with van der Waals surface area (Å²) in [5.41, 5.74) is 2.50. The third-order valence-corrected chi connectivity index (χ3v) is 4.83. The highest BCUT2D eigenvalue weighted by Gasteiger charge is 2.55. The van der Waals surface area contributed by atoms with Crippen LogP contribution in [-0.4, -0.2) is 21.7 Å². The molecule has 0 bridgehead atoms. The number of aryl methyl sites for hydroxylation is 1. The molecule has 4 nitrogen and oxygen atoms in total. The van der Waals surface area contributed by atoms with Gasteiger partial charge in [-0.1, -0.05) is 30.3 Å². The first kappa shape index (κ1) is 13.2. The molecule has 4 rings (SSSR count). The first-order valence-electron chi connectivity index (χ1n) is 7.53. The minimum absolute atomic E-state index is 0.0497. The molecule has 1 saturated heterocycles. The van der Waals surface area contributed by atoms with Crippen molar-refractivity contribution >= 4 is 11.8 Å². The van der Waals surface area contributed by atoms with Crippen molar-refractivity contribution in [2.75, 3.05) is 0 Å². The van der Waals surface area contributed by atoms with Crippen molar-refractivity contribution in [2.24, 2.45) is 0 Å². The van der Waals surface area contributed by atoms with E-state index in [4.69, 9.17) is 0 Å². The SMILES string of the molecule is O=C1CC2(CCc3ccccc32)C(=O)N1Cc1cccnc1. The molecule has 2 aromatic rings. The smallest absolute Gasteiger partial charge is 0.240 e. The van der Waals surface area contributed by atoms with Crippen LogP contribution in [0, 0.1) is 0 Å². The second-order valence-electron chi connectivity index (χ2n) is 6.06. The molecular weight excluding hydrogens is 276 g/mol. The number of aromatic nitrogens is 1. The second-order valence-corrected chi connectivity index (χ2v) is 6.06. The highest BCUT2D eigenvalue weighted by molar-refractivity contribution is 6.09. The van der Waals surface area contributed by atoms with Gasteiger partial charge >= 0.3 is 0 Å². The van der Waals surface area contributed by atoms with Crippen LogP contribution >= 0.6 is 0 Å². The Kier molecular flexibility index (Phi) is 2.86. The zero-order valence-corrected chi connectivity index (χ0v) is 12.2. The summed E-state index contributed by atoms with van der Waals surface area (Å²) >= 11 is 0. The van der Waals surface area contributed by atoms with E-state index in [1.54, 1.807) is 12.4 Å². The van der Waals surface area contributed by atoms with Crippen molar-refractivity contribution in [3.05, 3.63) is 65.5 Å². The van der Waals surface area contributed by atoms with Gasteiger partial charge in [0.1, 0.15) is 0 Å². The molecular formula is C18H16N2O2. The molecule has 1 spiro atoms. The molecule has 2 heterocycles. The number of nitrogens with zero attached hydrogens (tertiary/aromatic N) is 2. The highest BCUT2D eigenvalue weighted by Crippen LogP contribution is 2.47. The number of carbonyl (C=O) groups is 2. The summed E-state index contributed by atoms with van der Waals surface area (Å²) in [6, 6.07) is 11.7. The van der Waals surface area contributed by atoms with Gasteiger partial charge in [-0.3, -0.25) is 19.5 Å². The van der Waals surface area contributed by atoms with E-state index in [1.165, 1.54) is 10.5 Å². The summed E-state index contributed by atoms with van der Waals surface area (Å²) in [6.07, 6.45) is 5.29. The summed E-state index contributed by atoms with van der Waals surface area (Å²) in [5, 5.41) is 0. The van der Waals surface area contributed by atoms with Gasteiger partial charge in [0, 0.05) is 18.8 Å². The van der Waals surface area contributed by atoms with Gasteiger partial charge in [0.2, 0.25) is 11.8 Å². The second kappa shape index (κ2) is 4.77. The van der Waals surface area contributed by atoms with Crippen molar-refractivity contribution in [1.29, 1.82) is 0 Å². The number of fused-ring (bicyclic) bond motifs is 2. The number of pyridine rings is 1. The number of amides is 2. The van der Waals surface area contributed by atoms with Gasteiger partial charge in [0.15, 0.2) is 0 Å². The fourth-order valence-corrected chi connectivity index (χ4v) is 3.73. The van der Waals surface area contributed by atoms with Crippen LogP contribution in [0.1, 0.15) is 29.5 Å². The first-order chi connectivity index (χ1) is 10.7. The maximum atomic E-state index is 13.0. The summed E-state index contributed by atoms with van der Waals surface area (Å²) < 4.78 is 0. The molecule has 1 fully saturated rings. The van der Waals surface area contributed by atoms with E-state index in [0.29, 0.717) is 13.0 Å². The number of imide groups is 1. The molecule has 1 aromatic carbocycles. The fourth-order valence-electron chi connectivity index (χ4n) is 3.73. The van der Waals surface area contributed by atoms with Crippen molar-refractivity contribution < 1.29 is 9.59 Å². The van der Waals surface area contributed by atoms with Crippen LogP contribution in [-0.2, 0) is 28.0 Å². The minimum atomic E-state index is -0.629. The molecule has 1 aromatic heterocycles. The van der Waals surface area contributed by atoms with Crippen molar-refractivity contribution in [1.82, 2.24) is 9.88 Å². The monoisotopic (exact) mass is 292 g/mol. The largest absolute Gasteiger partial charge is 0.277 e. The zero-order valence-electron chi connectivity index (χ0n) is 12.2. The number of carbonyl (C=O) groups excluding carboxylic acids is 2. The average Bonchev–Trinajstić information content (AvgIpc) is 3.03. The molecule has 2 amide bonds. The number of hydrogen-bond acceptors (Lipinski definition) is 3. The van der Waals surface area contributed by atoms with Crippen molar-refractivity contribution in [3.63, 3.8) is 0 Å². The van der Waals surface area contributed by atoms with Gasteiger partial charge in [-0.2, -0.15) is 0 Å². The molecule has 1 atom stereocenters. The lowest BCUT2D eigenvalue weighted by atomic mass is 9.80. The average molecular weight is 292 g/mol. The molecule has 4 heteroatoms. The quantitative estimate of drug-likeness (QED) is 0.798. The van der Waals surface area contributed by atoms with E-state index < -0.39 is 5.41 Å². The normalized spacial score (nSPS) is 23.4. The molecule has 110 valence electrons. The van der Waals surface area contributed by atoms with E-state index in [2.05, 4.69) is 11.1 Å². The minimum Gasteiger partial charge on any atom is -0.277 e. The van der Waals surface area contributed by atoms with Crippen molar-refractivity contribution in [2.45, 2.75) is 31.2 Å². The van der Waals surface area contributed by atoms with Crippen LogP contribution in [0.5, 0.6) is 0 Å². The van der Waals surface area contributed by atoms with E-state index in [0.717, 1.165) is 24.0 Å². The summed E-state index contributed by atoms with van der Waals surface area (Å²) in [7, 11) is 0. The first-order valence-corrected chi connectivity index (χ1v) is 7.53. The molecule has 22 heavy (non-hydrogen) atoms. The third kappa shape index (κ3) is 1.80. The van der Waals surface area contributed by atoms with E-state index >= 15 is 0 Å². The Morgan fingerprint density at radius 1 is 1.14 bits per heavy atom. The Hall–Kier alpha value is -2.49. The van der Waals surface area contributed by atoms with E-state index in [9.17, 15) is 9.59 Å². The molecule has 1 unspecified atom stereocenters. The Labute approximate surface area is 128 Å². The van der Waals surface area contributed by atoms with Gasteiger partial charge in [-0.05, 0) is 35.6 Å². The van der Waals surface area contributed by atoms with Gasteiger partial charge in [-0.25, -0.2) is 0 Å². The van der Waals surface area contributed by atoms with Crippen LogP contribution in [0.4, 0.5) is 0 Å². The molecule has 1 aliphatic carbocycles. The lowest BCUT2D eigenvalue weighted by Gasteiger charge is -2.22. The predicted molar refractivity (Wildman–Crippen MR) is 80.9 cm³/mol. The maximum absolute atomic E-state index is 13.0. The number of rotatable bonds is 2. The third-order valence-electron chi connectivity index (χ3n) is 4.83. The van der Waals surface area contributed by atoms with E-state index in [-0.39, 0.29) is 11.8 Å². The van der Waals surface area contributed by atoms with Crippen LogP contribution in [0.25, 0.3) is 0 Å². The van der Waals surface area contributed by atoms with Gasteiger partial charge < -0.3 is 0 Å². The fraction of sp³-hybridized carbons (Fsp3) is 0.278. The van der Waals surface area contributed by atoms with Crippen LogP contribution in [0.15, 0.2) is 48.8 Å².